The molecule has 0 aliphatic carbocycles. The van der Waals surface area contributed by atoms with Gasteiger partial charge in [0.25, 0.3) is 0 Å². The zero-order valence-electron chi connectivity index (χ0n) is 12.2. The van der Waals surface area contributed by atoms with Gasteiger partial charge in [0, 0.05) is 0 Å². The fourth-order valence-corrected chi connectivity index (χ4v) is 1.74. The molecular weight excluding hydrogens is 258 g/mol. The molecule has 0 bridgehead atoms. The van der Waals surface area contributed by atoms with E-state index in [1.807, 2.05) is 30.3 Å². The van der Waals surface area contributed by atoms with Gasteiger partial charge in [-0.3, -0.25) is 0 Å². The highest BCUT2D eigenvalue weighted by molar-refractivity contribution is 5.68. The Bertz CT molecular complexity index is 414. The Hall–Kier alpha value is -1.59. The monoisotopic (exact) mass is 281 g/mol. The van der Waals surface area contributed by atoms with Crippen molar-refractivity contribution in [3.05, 3.63) is 35.9 Å². The number of aliphatic hydroxyl groups is 2. The van der Waals surface area contributed by atoms with Gasteiger partial charge in [-0.05, 0) is 32.8 Å². The van der Waals surface area contributed by atoms with Crippen LogP contribution in [0.15, 0.2) is 30.3 Å². The molecule has 3 N–H and O–H groups in total. The Labute approximate surface area is 119 Å². The Morgan fingerprint density at radius 2 is 1.90 bits per heavy atom. The molecule has 0 heterocycles. The van der Waals surface area contributed by atoms with E-state index in [4.69, 9.17) is 9.84 Å². The Kier molecular flexibility index (Phi) is 5.98. The number of carbonyl (C=O) groups excluding carboxylic acids is 1. The number of rotatable bonds is 5. The average Bonchev–Trinajstić information content (AvgIpc) is 2.36. The largest absolute Gasteiger partial charge is 0.444 e. The van der Waals surface area contributed by atoms with E-state index < -0.39 is 30.4 Å². The number of nitrogens with one attached hydrogen (secondary N) is 1. The topological polar surface area (TPSA) is 78.8 Å². The molecule has 0 aliphatic heterocycles. The lowest BCUT2D eigenvalue weighted by molar-refractivity contribution is 0.0320. The molecule has 1 aromatic carbocycles. The van der Waals surface area contributed by atoms with E-state index in [-0.39, 0.29) is 0 Å². The molecule has 0 spiro atoms. The van der Waals surface area contributed by atoms with Gasteiger partial charge in [-0.2, -0.15) is 0 Å². The van der Waals surface area contributed by atoms with Gasteiger partial charge in [0.1, 0.15) is 5.60 Å². The van der Waals surface area contributed by atoms with E-state index in [0.29, 0.717) is 6.42 Å². The molecule has 0 fully saturated rings. The summed E-state index contributed by atoms with van der Waals surface area (Å²) in [6.45, 7) is 4.87. The maximum Gasteiger partial charge on any atom is 0.407 e. The molecule has 0 radical (unpaired) electrons. The lowest BCUT2D eigenvalue weighted by Gasteiger charge is -2.26. The second-order valence-corrected chi connectivity index (χ2v) is 5.69. The normalized spacial score (nSPS) is 14.4. The van der Waals surface area contributed by atoms with Crippen LogP contribution in [0.3, 0.4) is 0 Å². The summed E-state index contributed by atoms with van der Waals surface area (Å²) in [5, 5.41) is 21.5. The van der Waals surface area contributed by atoms with Crippen molar-refractivity contribution >= 4 is 6.09 Å². The fraction of sp³-hybridized carbons (Fsp3) is 0.533. The highest BCUT2D eigenvalue weighted by Crippen LogP contribution is 2.10. The third-order valence-corrected chi connectivity index (χ3v) is 2.65. The summed E-state index contributed by atoms with van der Waals surface area (Å²) in [4.78, 5) is 11.8. The van der Waals surface area contributed by atoms with Gasteiger partial charge in [0.15, 0.2) is 0 Å². The maximum absolute atomic E-state index is 11.8. The van der Waals surface area contributed by atoms with Crippen LogP contribution < -0.4 is 5.32 Å². The second-order valence-electron chi connectivity index (χ2n) is 5.69. The van der Waals surface area contributed by atoms with Gasteiger partial charge in [-0.25, -0.2) is 4.79 Å². The molecule has 1 amide bonds. The molecule has 0 saturated carbocycles. The number of amides is 1. The first-order valence-corrected chi connectivity index (χ1v) is 6.64. The van der Waals surface area contributed by atoms with Crippen molar-refractivity contribution < 1.29 is 19.7 Å². The molecule has 0 unspecified atom stereocenters. The zero-order chi connectivity index (χ0) is 15.2. The van der Waals surface area contributed by atoms with Crippen molar-refractivity contribution in [3.8, 4) is 0 Å². The number of hydrogen-bond donors (Lipinski definition) is 3. The van der Waals surface area contributed by atoms with Crippen molar-refractivity contribution in [2.24, 2.45) is 0 Å². The standard InChI is InChI=1S/C15H23NO4/c1-15(2,3)20-14(19)16-12(13(18)10-17)9-11-7-5-4-6-8-11/h4-8,12-13,17-18H,9-10H2,1-3H3,(H,16,19)/t12-,13-/m1/s1. The number of ether oxygens (including phenoxy) is 1. The first-order valence-electron chi connectivity index (χ1n) is 6.64. The number of aliphatic hydroxyl groups excluding tert-OH is 2. The molecular formula is C15H23NO4. The van der Waals surface area contributed by atoms with Gasteiger partial charge in [0.2, 0.25) is 0 Å². The summed E-state index contributed by atoms with van der Waals surface area (Å²) >= 11 is 0. The highest BCUT2D eigenvalue weighted by Gasteiger charge is 2.24. The minimum atomic E-state index is -1.04. The maximum atomic E-state index is 11.8. The van der Waals surface area contributed by atoms with Gasteiger partial charge in [0.05, 0.1) is 18.8 Å². The van der Waals surface area contributed by atoms with E-state index in [2.05, 4.69) is 5.32 Å². The van der Waals surface area contributed by atoms with Crippen LogP contribution in [0, 0.1) is 0 Å². The first kappa shape index (κ1) is 16.5. The molecule has 5 heteroatoms. The molecule has 112 valence electrons. The molecule has 0 aromatic heterocycles. The molecule has 20 heavy (non-hydrogen) atoms. The molecule has 5 nitrogen and oxygen atoms in total. The van der Waals surface area contributed by atoms with E-state index in [0.717, 1.165) is 5.56 Å². The third kappa shape index (κ3) is 6.04. The SMILES string of the molecule is CC(C)(C)OC(=O)N[C@H](Cc1ccccc1)[C@H](O)CO. The highest BCUT2D eigenvalue weighted by atomic mass is 16.6. The van der Waals surface area contributed by atoms with E-state index in [1.165, 1.54) is 0 Å². The Balaban J connectivity index is 2.68. The molecule has 1 rings (SSSR count). The van der Waals surface area contributed by atoms with E-state index in [9.17, 15) is 9.90 Å². The predicted molar refractivity (Wildman–Crippen MR) is 76.4 cm³/mol. The Morgan fingerprint density at radius 3 is 2.40 bits per heavy atom. The minimum Gasteiger partial charge on any atom is -0.444 e. The second kappa shape index (κ2) is 7.26. The van der Waals surface area contributed by atoms with Crippen molar-refractivity contribution in [2.75, 3.05) is 6.61 Å². The van der Waals surface area contributed by atoms with Gasteiger partial charge in [-0.15, -0.1) is 0 Å². The fourth-order valence-electron chi connectivity index (χ4n) is 1.74. The number of alkyl carbamates (subject to hydrolysis) is 1. The van der Waals surface area contributed by atoms with Crippen LogP contribution in [0.5, 0.6) is 0 Å². The quantitative estimate of drug-likeness (QED) is 0.764. The summed E-state index contributed by atoms with van der Waals surface area (Å²) in [7, 11) is 0. The summed E-state index contributed by atoms with van der Waals surface area (Å²) in [6.07, 6.45) is -1.23. The predicted octanol–water partition coefficient (Wildman–Crippen LogP) is 1.48. The van der Waals surface area contributed by atoms with Gasteiger partial charge in [-0.1, -0.05) is 30.3 Å². The number of hydrogen-bond acceptors (Lipinski definition) is 4. The minimum absolute atomic E-state index is 0.418. The third-order valence-electron chi connectivity index (χ3n) is 2.65. The van der Waals surface area contributed by atoms with Crippen LogP contribution in [-0.4, -0.2) is 40.7 Å². The summed E-state index contributed by atoms with van der Waals surface area (Å²) in [5.41, 5.74) is 0.354. The summed E-state index contributed by atoms with van der Waals surface area (Å²) < 4.78 is 5.16. The van der Waals surface area contributed by atoms with Crippen molar-refractivity contribution in [3.63, 3.8) is 0 Å². The van der Waals surface area contributed by atoms with Gasteiger partial charge >= 0.3 is 6.09 Å². The number of benzene rings is 1. The zero-order valence-corrected chi connectivity index (χ0v) is 12.2. The summed E-state index contributed by atoms with van der Waals surface area (Å²) in [5.74, 6) is 0. The molecule has 2 atom stereocenters. The van der Waals surface area contributed by atoms with Crippen molar-refractivity contribution in [2.45, 2.75) is 44.9 Å². The van der Waals surface area contributed by atoms with Crippen molar-refractivity contribution in [1.29, 1.82) is 0 Å². The molecule has 1 aromatic rings. The van der Waals surface area contributed by atoms with Crippen LogP contribution in [0.25, 0.3) is 0 Å². The first-order chi connectivity index (χ1) is 9.31. The number of carbonyl (C=O) groups is 1. The lowest BCUT2D eigenvalue weighted by atomic mass is 10.0. The average molecular weight is 281 g/mol. The van der Waals surface area contributed by atoms with E-state index >= 15 is 0 Å². The molecule has 0 saturated heterocycles. The van der Waals surface area contributed by atoms with Crippen LogP contribution in [-0.2, 0) is 11.2 Å². The molecule has 0 aliphatic rings. The van der Waals surface area contributed by atoms with Crippen LogP contribution in [0.4, 0.5) is 4.79 Å². The van der Waals surface area contributed by atoms with Gasteiger partial charge < -0.3 is 20.3 Å². The Morgan fingerprint density at radius 1 is 1.30 bits per heavy atom. The van der Waals surface area contributed by atoms with E-state index in [1.54, 1.807) is 20.8 Å². The van der Waals surface area contributed by atoms with Crippen molar-refractivity contribution in [1.82, 2.24) is 5.32 Å². The van der Waals surface area contributed by atoms with Crippen LogP contribution in [0.2, 0.25) is 0 Å². The van der Waals surface area contributed by atoms with Crippen LogP contribution >= 0.6 is 0 Å². The smallest absolute Gasteiger partial charge is 0.407 e. The van der Waals surface area contributed by atoms with Crippen LogP contribution in [0.1, 0.15) is 26.3 Å². The lowest BCUT2D eigenvalue weighted by Crippen LogP contribution is -2.48. The summed E-state index contributed by atoms with van der Waals surface area (Å²) in [6, 6.07) is 8.85.